The van der Waals surface area contributed by atoms with E-state index in [1.54, 1.807) is 54.6 Å². The summed E-state index contributed by atoms with van der Waals surface area (Å²) >= 11 is 1.23. The molecule has 1 unspecified atom stereocenters. The molecule has 9 nitrogen and oxygen atoms in total. The number of carbonyl (C=O) groups excluding carboxylic acids is 2. The van der Waals surface area contributed by atoms with Crippen molar-refractivity contribution >= 4 is 40.1 Å². The molecule has 2 aromatic carbocycles. The zero-order valence-corrected chi connectivity index (χ0v) is 17.8. The van der Waals surface area contributed by atoms with Crippen LogP contribution in [0.15, 0.2) is 66.0 Å². The first-order valence-corrected chi connectivity index (χ1v) is 10.4. The van der Waals surface area contributed by atoms with Crippen LogP contribution in [0.1, 0.15) is 0 Å². The Morgan fingerprint density at radius 3 is 2.52 bits per heavy atom. The summed E-state index contributed by atoms with van der Waals surface area (Å²) in [5, 5.41) is 7.59. The molecule has 2 aliphatic rings. The second kappa shape index (κ2) is 9.00. The van der Waals surface area contributed by atoms with Crippen LogP contribution in [0.25, 0.3) is 0 Å². The van der Waals surface area contributed by atoms with Crippen LogP contribution in [0.3, 0.4) is 0 Å². The van der Waals surface area contributed by atoms with Crippen molar-refractivity contribution in [3.05, 3.63) is 60.9 Å². The Morgan fingerprint density at radius 2 is 1.84 bits per heavy atom. The number of ether oxygens (including phenoxy) is 2. The Labute approximate surface area is 183 Å². The van der Waals surface area contributed by atoms with Crippen LogP contribution in [0.2, 0.25) is 0 Å². The minimum Gasteiger partial charge on any atom is -0.497 e. The van der Waals surface area contributed by atoms with Crippen molar-refractivity contribution in [3.63, 3.8) is 0 Å². The largest absolute Gasteiger partial charge is 0.497 e. The number of benzene rings is 2. The maximum absolute atomic E-state index is 12.8. The van der Waals surface area contributed by atoms with E-state index in [1.165, 1.54) is 11.8 Å². The average molecular weight is 439 g/mol. The van der Waals surface area contributed by atoms with Crippen LogP contribution in [-0.4, -0.2) is 48.0 Å². The summed E-state index contributed by atoms with van der Waals surface area (Å²) in [7, 11) is 3.09. The lowest BCUT2D eigenvalue weighted by molar-refractivity contribution is -0.122. The van der Waals surface area contributed by atoms with Crippen molar-refractivity contribution in [2.75, 3.05) is 30.2 Å². The molecule has 0 fully saturated rings. The van der Waals surface area contributed by atoms with E-state index in [0.29, 0.717) is 22.4 Å². The SMILES string of the molecule is COc1cc(NC(=O)CSC2=NNC3C(=O)N(c4ccccc4)C=CN23)cc(OC)c1. The molecule has 0 bridgehead atoms. The van der Waals surface area contributed by atoms with E-state index in [2.05, 4.69) is 15.8 Å². The summed E-state index contributed by atoms with van der Waals surface area (Å²) < 4.78 is 10.4. The number of thioether (sulfide) groups is 1. The first-order valence-electron chi connectivity index (χ1n) is 9.43. The molecule has 4 rings (SSSR count). The molecule has 0 radical (unpaired) electrons. The van der Waals surface area contributed by atoms with Crippen molar-refractivity contribution < 1.29 is 19.1 Å². The number of nitrogens with zero attached hydrogens (tertiary/aromatic N) is 3. The number of amidine groups is 1. The van der Waals surface area contributed by atoms with Gasteiger partial charge in [0.2, 0.25) is 12.1 Å². The van der Waals surface area contributed by atoms with Crippen molar-refractivity contribution in [2.24, 2.45) is 5.10 Å². The highest BCUT2D eigenvalue weighted by molar-refractivity contribution is 8.14. The van der Waals surface area contributed by atoms with Crippen LogP contribution < -0.4 is 25.1 Å². The molecule has 0 saturated heterocycles. The number of rotatable bonds is 6. The minimum atomic E-state index is -0.640. The molecule has 0 aliphatic carbocycles. The lowest BCUT2D eigenvalue weighted by Crippen LogP contribution is -2.52. The highest BCUT2D eigenvalue weighted by Gasteiger charge is 2.38. The van der Waals surface area contributed by atoms with Gasteiger partial charge in [-0.1, -0.05) is 30.0 Å². The highest BCUT2D eigenvalue weighted by Crippen LogP contribution is 2.27. The summed E-state index contributed by atoms with van der Waals surface area (Å²) in [5.41, 5.74) is 4.19. The third-order valence-electron chi connectivity index (χ3n) is 4.63. The highest BCUT2D eigenvalue weighted by atomic mass is 32.2. The molecule has 1 atom stereocenters. The fourth-order valence-corrected chi connectivity index (χ4v) is 3.89. The molecule has 0 saturated carbocycles. The van der Waals surface area contributed by atoms with E-state index in [-0.39, 0.29) is 17.6 Å². The first-order chi connectivity index (χ1) is 15.1. The van der Waals surface area contributed by atoms with Gasteiger partial charge in [0.1, 0.15) is 11.5 Å². The summed E-state index contributed by atoms with van der Waals surface area (Å²) in [4.78, 5) is 28.6. The number of hydrogen-bond donors (Lipinski definition) is 2. The molecule has 10 heteroatoms. The van der Waals surface area contributed by atoms with Crippen LogP contribution in [0, 0.1) is 0 Å². The van der Waals surface area contributed by atoms with Crippen LogP contribution in [0.5, 0.6) is 11.5 Å². The lowest BCUT2D eigenvalue weighted by atomic mass is 10.2. The maximum Gasteiger partial charge on any atom is 0.276 e. The monoisotopic (exact) mass is 439 g/mol. The van der Waals surface area contributed by atoms with Crippen molar-refractivity contribution in [3.8, 4) is 11.5 Å². The Morgan fingerprint density at radius 1 is 1.13 bits per heavy atom. The summed E-state index contributed by atoms with van der Waals surface area (Å²) in [6, 6.07) is 14.5. The Balaban J connectivity index is 1.37. The minimum absolute atomic E-state index is 0.119. The number of carbonyl (C=O) groups is 2. The van der Waals surface area contributed by atoms with Gasteiger partial charge in [0.25, 0.3) is 5.91 Å². The predicted octanol–water partition coefficient (Wildman–Crippen LogP) is 2.40. The van der Waals surface area contributed by atoms with Crippen LogP contribution in [-0.2, 0) is 9.59 Å². The molecule has 2 heterocycles. The van der Waals surface area contributed by atoms with Gasteiger partial charge in [-0.2, -0.15) is 5.10 Å². The van der Waals surface area contributed by atoms with Gasteiger partial charge in [0.05, 0.1) is 20.0 Å². The number of amides is 2. The molecule has 0 spiro atoms. The van der Waals surface area contributed by atoms with Gasteiger partial charge in [-0.05, 0) is 12.1 Å². The van der Waals surface area contributed by atoms with E-state index in [1.807, 2.05) is 30.3 Å². The number of hydrogen-bond acceptors (Lipinski definition) is 8. The molecule has 2 N–H and O–H groups in total. The summed E-state index contributed by atoms with van der Waals surface area (Å²) in [6.45, 7) is 0. The smallest absolute Gasteiger partial charge is 0.276 e. The third kappa shape index (κ3) is 4.43. The Bertz CT molecular complexity index is 1020. The fourth-order valence-electron chi connectivity index (χ4n) is 3.13. The topological polar surface area (TPSA) is 95.5 Å². The van der Waals surface area contributed by atoms with E-state index in [4.69, 9.17) is 9.47 Å². The van der Waals surface area contributed by atoms with Crippen LogP contribution >= 0.6 is 11.8 Å². The predicted molar refractivity (Wildman–Crippen MR) is 120 cm³/mol. The van der Waals surface area contributed by atoms with E-state index < -0.39 is 6.17 Å². The standard InChI is InChI=1S/C21H21N5O4S/c1-29-16-10-14(11-17(12-16)30-2)22-18(27)13-31-21-24-23-19-20(28)25(8-9-26(19)21)15-6-4-3-5-7-15/h3-12,19,23H,13H2,1-2H3,(H,22,27). The molecule has 0 aromatic heterocycles. The van der Waals surface area contributed by atoms with Crippen molar-refractivity contribution in [1.82, 2.24) is 10.3 Å². The van der Waals surface area contributed by atoms with Crippen molar-refractivity contribution in [2.45, 2.75) is 6.17 Å². The van der Waals surface area contributed by atoms with Gasteiger partial charge in [0.15, 0.2) is 5.17 Å². The lowest BCUT2D eigenvalue weighted by Gasteiger charge is -2.31. The van der Waals surface area contributed by atoms with E-state index in [0.717, 1.165) is 5.69 Å². The van der Waals surface area contributed by atoms with Gasteiger partial charge in [0, 0.05) is 42.0 Å². The molecular weight excluding hydrogens is 418 g/mol. The van der Waals surface area contributed by atoms with Gasteiger partial charge < -0.3 is 14.8 Å². The normalized spacial score (nSPS) is 17.0. The molecular formula is C21H21N5O4S. The number of hydrazone groups is 1. The van der Waals surface area contributed by atoms with Crippen LogP contribution in [0.4, 0.5) is 11.4 Å². The Kier molecular flexibility index (Phi) is 5.99. The molecule has 2 amide bonds. The summed E-state index contributed by atoms with van der Waals surface area (Å²) in [5.74, 6) is 0.905. The summed E-state index contributed by atoms with van der Waals surface area (Å²) in [6.07, 6.45) is 2.83. The quantitative estimate of drug-likeness (QED) is 0.714. The number of anilines is 2. The number of para-hydroxylation sites is 1. The average Bonchev–Trinajstić information content (AvgIpc) is 3.22. The van der Waals surface area contributed by atoms with E-state index in [9.17, 15) is 9.59 Å². The molecule has 2 aromatic rings. The number of methoxy groups -OCH3 is 2. The first kappa shape index (κ1) is 20.6. The van der Waals surface area contributed by atoms with Gasteiger partial charge in [-0.3, -0.25) is 24.8 Å². The second-order valence-corrected chi connectivity index (χ2v) is 7.56. The number of nitrogens with one attached hydrogen (secondary N) is 2. The van der Waals surface area contributed by atoms with Crippen molar-refractivity contribution in [1.29, 1.82) is 0 Å². The van der Waals surface area contributed by atoms with E-state index >= 15 is 0 Å². The second-order valence-electron chi connectivity index (χ2n) is 6.61. The third-order valence-corrected chi connectivity index (χ3v) is 5.60. The molecule has 160 valence electrons. The van der Waals surface area contributed by atoms with Gasteiger partial charge in [-0.15, -0.1) is 0 Å². The number of fused-ring (bicyclic) bond motifs is 1. The molecule has 2 aliphatic heterocycles. The fraction of sp³-hybridized carbons (Fsp3) is 0.190. The molecule has 31 heavy (non-hydrogen) atoms. The maximum atomic E-state index is 12.8. The zero-order valence-electron chi connectivity index (χ0n) is 16.9. The van der Waals surface area contributed by atoms with Gasteiger partial charge >= 0.3 is 0 Å². The zero-order chi connectivity index (χ0) is 21.8. The Hall–Kier alpha value is -3.66. The van der Waals surface area contributed by atoms with Gasteiger partial charge in [-0.25, -0.2) is 0 Å².